The van der Waals surface area contributed by atoms with Crippen molar-refractivity contribution in [3.63, 3.8) is 0 Å². The molecule has 4 nitrogen and oxygen atoms in total. The summed E-state index contributed by atoms with van der Waals surface area (Å²) in [5, 5.41) is 0. The highest BCUT2D eigenvalue weighted by Crippen LogP contribution is 2.52. The van der Waals surface area contributed by atoms with Gasteiger partial charge in [-0.2, -0.15) is 8.15 Å². The molecule has 62 valence electrons. The largest absolute Gasteiger partial charge is 0.508 e. The van der Waals surface area contributed by atoms with E-state index in [1.54, 1.807) is 13.8 Å². The quantitative estimate of drug-likeness (QED) is 0.667. The zero-order chi connectivity index (χ0) is 8.20. The summed E-state index contributed by atoms with van der Waals surface area (Å²) in [4.78, 5) is 0. The van der Waals surface area contributed by atoms with Gasteiger partial charge in [0.15, 0.2) is 0 Å². The SMILES string of the molecule is CC(C)OP(=O)(OCl)OCl. The predicted octanol–water partition coefficient (Wildman–Crippen LogP) is 2.86. The van der Waals surface area contributed by atoms with Crippen LogP contribution in [0.2, 0.25) is 0 Å². The van der Waals surface area contributed by atoms with E-state index in [0.717, 1.165) is 0 Å². The maximum absolute atomic E-state index is 10.8. The van der Waals surface area contributed by atoms with Crippen LogP contribution in [0.15, 0.2) is 0 Å². The van der Waals surface area contributed by atoms with Gasteiger partial charge in [0.2, 0.25) is 0 Å². The molecule has 0 aliphatic heterocycles. The monoisotopic (exact) mass is 208 g/mol. The fraction of sp³-hybridized carbons (Fsp3) is 1.00. The van der Waals surface area contributed by atoms with E-state index in [1.165, 1.54) is 0 Å². The molecular formula is C3H7Cl2O4P. The highest BCUT2D eigenvalue weighted by molar-refractivity contribution is 7.50. The molecule has 0 unspecified atom stereocenters. The van der Waals surface area contributed by atoms with E-state index in [1.807, 2.05) is 0 Å². The third kappa shape index (κ3) is 3.76. The van der Waals surface area contributed by atoms with Crippen LogP contribution in [0, 0.1) is 0 Å². The lowest BCUT2D eigenvalue weighted by Crippen LogP contribution is -2.00. The molecule has 0 rings (SSSR count). The summed E-state index contributed by atoms with van der Waals surface area (Å²) in [7, 11) is -3.71. The van der Waals surface area contributed by atoms with Crippen LogP contribution < -0.4 is 0 Å². The van der Waals surface area contributed by atoms with Crippen molar-refractivity contribution >= 4 is 31.6 Å². The van der Waals surface area contributed by atoms with Gasteiger partial charge in [0.05, 0.1) is 29.8 Å². The third-order valence-corrected chi connectivity index (χ3v) is 2.54. The Labute approximate surface area is 69.3 Å². The summed E-state index contributed by atoms with van der Waals surface area (Å²) in [5.41, 5.74) is 0. The van der Waals surface area contributed by atoms with E-state index >= 15 is 0 Å². The van der Waals surface area contributed by atoms with E-state index in [0.29, 0.717) is 0 Å². The topological polar surface area (TPSA) is 44.8 Å². The van der Waals surface area contributed by atoms with E-state index < -0.39 is 7.82 Å². The zero-order valence-electron chi connectivity index (χ0n) is 5.41. The molecule has 0 aliphatic carbocycles. The Balaban J connectivity index is 3.94. The third-order valence-electron chi connectivity index (χ3n) is 0.509. The van der Waals surface area contributed by atoms with Crippen LogP contribution in [0.4, 0.5) is 0 Å². The lowest BCUT2D eigenvalue weighted by Gasteiger charge is -2.11. The van der Waals surface area contributed by atoms with Crippen molar-refractivity contribution in [2.75, 3.05) is 0 Å². The second-order valence-electron chi connectivity index (χ2n) is 1.74. The van der Waals surface area contributed by atoms with Crippen molar-refractivity contribution in [3.05, 3.63) is 0 Å². The number of hydrogen-bond donors (Lipinski definition) is 0. The molecule has 0 radical (unpaired) electrons. The molecule has 0 aliphatic rings. The minimum absolute atomic E-state index is 0.330. The summed E-state index contributed by atoms with van der Waals surface area (Å²) in [6.45, 7) is 3.27. The lowest BCUT2D eigenvalue weighted by molar-refractivity contribution is 0.173. The van der Waals surface area contributed by atoms with Gasteiger partial charge in [-0.3, -0.25) is 4.52 Å². The Morgan fingerprint density at radius 1 is 1.30 bits per heavy atom. The Morgan fingerprint density at radius 2 is 1.70 bits per heavy atom. The Morgan fingerprint density at radius 3 is 1.80 bits per heavy atom. The van der Waals surface area contributed by atoms with Gasteiger partial charge < -0.3 is 0 Å². The van der Waals surface area contributed by atoms with Crippen LogP contribution in [0.3, 0.4) is 0 Å². The molecule has 0 bridgehead atoms. The van der Waals surface area contributed by atoms with E-state index in [4.69, 9.17) is 23.7 Å². The smallest absolute Gasteiger partial charge is 0.282 e. The molecule has 0 saturated carbocycles. The predicted molar refractivity (Wildman–Crippen MR) is 37.7 cm³/mol. The molecule has 10 heavy (non-hydrogen) atoms. The number of hydrogen-bond acceptors (Lipinski definition) is 4. The van der Waals surface area contributed by atoms with Crippen molar-refractivity contribution in [2.24, 2.45) is 0 Å². The number of rotatable bonds is 4. The van der Waals surface area contributed by atoms with Gasteiger partial charge in [-0.1, -0.05) is 0 Å². The first-order valence-corrected chi connectivity index (χ1v) is 4.51. The molecule has 0 fully saturated rings. The van der Waals surface area contributed by atoms with Crippen LogP contribution in [-0.2, 0) is 17.2 Å². The van der Waals surface area contributed by atoms with Crippen molar-refractivity contribution in [1.29, 1.82) is 0 Å². The fourth-order valence-electron chi connectivity index (χ4n) is 0.301. The van der Waals surface area contributed by atoms with Gasteiger partial charge in [0.25, 0.3) is 0 Å². The van der Waals surface area contributed by atoms with Crippen molar-refractivity contribution in [3.8, 4) is 0 Å². The molecule has 0 aromatic rings. The normalized spacial score (nSPS) is 12.5. The first kappa shape index (κ1) is 10.7. The molecule has 7 heteroatoms. The van der Waals surface area contributed by atoms with Gasteiger partial charge in [-0.15, -0.1) is 0 Å². The van der Waals surface area contributed by atoms with Crippen LogP contribution >= 0.6 is 31.6 Å². The molecule has 0 N–H and O–H groups in total. The molecule has 0 amide bonds. The molecule has 0 heterocycles. The highest BCUT2D eigenvalue weighted by atomic mass is 35.5. The maximum atomic E-state index is 10.8. The maximum Gasteiger partial charge on any atom is 0.508 e. The van der Waals surface area contributed by atoms with Gasteiger partial charge >= 0.3 is 7.82 Å². The molecule has 0 aromatic carbocycles. The highest BCUT2D eigenvalue weighted by Gasteiger charge is 2.27. The molecular weight excluding hydrogens is 202 g/mol. The summed E-state index contributed by atoms with van der Waals surface area (Å²) in [5.74, 6) is 0. The first-order valence-electron chi connectivity index (χ1n) is 2.43. The van der Waals surface area contributed by atoms with Gasteiger partial charge in [0.1, 0.15) is 0 Å². The van der Waals surface area contributed by atoms with Crippen LogP contribution in [0.1, 0.15) is 13.8 Å². The Hall–Kier alpha value is 0.690. The van der Waals surface area contributed by atoms with E-state index in [-0.39, 0.29) is 6.10 Å². The zero-order valence-corrected chi connectivity index (χ0v) is 7.82. The first-order chi connectivity index (χ1) is 4.54. The van der Waals surface area contributed by atoms with Gasteiger partial charge in [0, 0.05) is 0 Å². The molecule has 0 saturated heterocycles. The summed E-state index contributed by atoms with van der Waals surface area (Å²) >= 11 is 9.51. The number of halogens is 2. The molecule has 0 spiro atoms. The molecule has 0 atom stereocenters. The van der Waals surface area contributed by atoms with Crippen molar-refractivity contribution in [1.82, 2.24) is 0 Å². The fourth-order valence-corrected chi connectivity index (χ4v) is 1.35. The minimum Gasteiger partial charge on any atom is -0.282 e. The second-order valence-corrected chi connectivity index (χ2v) is 3.95. The van der Waals surface area contributed by atoms with Gasteiger partial charge in [-0.05, 0) is 13.8 Å². The Bertz CT molecular complexity index is 130. The average molecular weight is 209 g/mol. The van der Waals surface area contributed by atoms with Crippen LogP contribution in [0.25, 0.3) is 0 Å². The summed E-state index contributed by atoms with van der Waals surface area (Å²) in [6, 6.07) is 0. The van der Waals surface area contributed by atoms with Crippen molar-refractivity contribution < 1.29 is 17.2 Å². The number of phosphoric acid groups is 1. The van der Waals surface area contributed by atoms with Gasteiger partial charge in [-0.25, -0.2) is 4.57 Å². The minimum atomic E-state index is -3.71. The van der Waals surface area contributed by atoms with Crippen LogP contribution in [-0.4, -0.2) is 6.10 Å². The molecule has 0 aromatic heterocycles. The summed E-state index contributed by atoms with van der Waals surface area (Å²) in [6.07, 6.45) is -0.330. The average Bonchev–Trinajstić information content (AvgIpc) is 1.87. The van der Waals surface area contributed by atoms with E-state index in [9.17, 15) is 4.57 Å². The van der Waals surface area contributed by atoms with Crippen molar-refractivity contribution in [2.45, 2.75) is 20.0 Å². The Kier molecular flexibility index (Phi) is 4.86. The summed E-state index contributed by atoms with van der Waals surface area (Å²) < 4.78 is 23.1. The lowest BCUT2D eigenvalue weighted by atomic mass is 10.5. The van der Waals surface area contributed by atoms with Crippen LogP contribution in [0.5, 0.6) is 0 Å². The standard InChI is InChI=1S/C3H7Cl2O4P/c1-3(2)7-10(6,8-4)9-5/h3H,1-2H3. The van der Waals surface area contributed by atoms with E-state index in [2.05, 4.69) is 12.7 Å². The second kappa shape index (κ2) is 4.54.